The van der Waals surface area contributed by atoms with Gasteiger partial charge in [-0.15, -0.1) is 0 Å². The van der Waals surface area contributed by atoms with Crippen molar-refractivity contribution in [2.45, 2.75) is 13.5 Å². The summed E-state index contributed by atoms with van der Waals surface area (Å²) >= 11 is 0. The highest BCUT2D eigenvalue weighted by molar-refractivity contribution is 6.29. The van der Waals surface area contributed by atoms with Gasteiger partial charge in [-0.1, -0.05) is 0 Å². The van der Waals surface area contributed by atoms with E-state index in [4.69, 9.17) is 0 Å². The SMILES string of the molecule is CCOC(=O)C(=O)OC(F)F. The minimum atomic E-state index is -3.29. The molecule has 0 aromatic carbocycles. The summed E-state index contributed by atoms with van der Waals surface area (Å²) < 4.78 is 29.7. The van der Waals surface area contributed by atoms with Gasteiger partial charge in [0.05, 0.1) is 6.61 Å². The van der Waals surface area contributed by atoms with E-state index in [2.05, 4.69) is 9.47 Å². The highest BCUT2D eigenvalue weighted by Gasteiger charge is 2.20. The third-order valence-electron chi connectivity index (χ3n) is 0.638. The van der Waals surface area contributed by atoms with Crippen molar-refractivity contribution in [2.75, 3.05) is 6.61 Å². The molecule has 0 fully saturated rings. The molecular weight excluding hydrogens is 162 g/mol. The maximum atomic E-state index is 11.2. The van der Waals surface area contributed by atoms with Gasteiger partial charge in [0.2, 0.25) is 0 Å². The molecular formula is C5H6F2O4. The fourth-order valence-electron chi connectivity index (χ4n) is 0.319. The predicted molar refractivity (Wildman–Crippen MR) is 28.7 cm³/mol. The smallest absolute Gasteiger partial charge is 0.421 e. The molecule has 0 rings (SSSR count). The summed E-state index contributed by atoms with van der Waals surface area (Å²) in [7, 11) is 0. The van der Waals surface area contributed by atoms with Crippen LogP contribution in [-0.2, 0) is 19.1 Å². The molecule has 0 aliphatic heterocycles. The molecule has 4 nitrogen and oxygen atoms in total. The van der Waals surface area contributed by atoms with E-state index in [1.54, 1.807) is 0 Å². The van der Waals surface area contributed by atoms with E-state index < -0.39 is 18.6 Å². The maximum absolute atomic E-state index is 11.2. The summed E-state index contributed by atoms with van der Waals surface area (Å²) in [5, 5.41) is 0. The van der Waals surface area contributed by atoms with Gasteiger partial charge in [0.15, 0.2) is 0 Å². The Bertz CT molecular complexity index is 157. The van der Waals surface area contributed by atoms with Crippen LogP contribution in [0.25, 0.3) is 0 Å². The normalized spacial score (nSPS) is 9.45. The number of hydrogen-bond donors (Lipinski definition) is 0. The fourth-order valence-corrected chi connectivity index (χ4v) is 0.319. The van der Waals surface area contributed by atoms with Crippen LogP contribution < -0.4 is 0 Å². The molecule has 64 valence electrons. The predicted octanol–water partition coefficient (Wildman–Crippen LogP) is 0.315. The van der Waals surface area contributed by atoms with E-state index in [9.17, 15) is 18.4 Å². The third kappa shape index (κ3) is 4.24. The molecule has 0 radical (unpaired) electrons. The van der Waals surface area contributed by atoms with Gasteiger partial charge in [0.25, 0.3) is 0 Å². The molecule has 0 aromatic heterocycles. The van der Waals surface area contributed by atoms with Crippen molar-refractivity contribution in [3.8, 4) is 0 Å². The van der Waals surface area contributed by atoms with E-state index >= 15 is 0 Å². The topological polar surface area (TPSA) is 52.6 Å². The molecule has 0 saturated carbocycles. The molecule has 0 spiro atoms. The molecule has 0 saturated heterocycles. The van der Waals surface area contributed by atoms with Gasteiger partial charge in [0, 0.05) is 0 Å². The lowest BCUT2D eigenvalue weighted by atomic mass is 10.7. The van der Waals surface area contributed by atoms with E-state index in [1.807, 2.05) is 0 Å². The summed E-state index contributed by atoms with van der Waals surface area (Å²) in [6.07, 6.45) is 0. The van der Waals surface area contributed by atoms with Crippen LogP contribution in [0.1, 0.15) is 6.92 Å². The van der Waals surface area contributed by atoms with Gasteiger partial charge < -0.3 is 9.47 Å². The first-order valence-electron chi connectivity index (χ1n) is 2.73. The first kappa shape index (κ1) is 9.80. The Morgan fingerprint density at radius 1 is 1.36 bits per heavy atom. The molecule has 11 heavy (non-hydrogen) atoms. The van der Waals surface area contributed by atoms with Crippen LogP contribution in [-0.4, -0.2) is 25.2 Å². The zero-order chi connectivity index (χ0) is 8.85. The second kappa shape index (κ2) is 4.59. The Kier molecular flexibility index (Phi) is 4.09. The molecule has 0 aromatic rings. The van der Waals surface area contributed by atoms with Gasteiger partial charge in [-0.25, -0.2) is 9.59 Å². The average molecular weight is 168 g/mol. The van der Waals surface area contributed by atoms with Gasteiger partial charge in [-0.05, 0) is 6.92 Å². The molecule has 0 atom stereocenters. The van der Waals surface area contributed by atoms with Crippen molar-refractivity contribution in [1.29, 1.82) is 0 Å². The second-order valence-electron chi connectivity index (χ2n) is 1.39. The Balaban J connectivity index is 3.74. The summed E-state index contributed by atoms with van der Waals surface area (Å²) in [6.45, 7) is -1.91. The maximum Gasteiger partial charge on any atom is 0.421 e. The van der Waals surface area contributed by atoms with Crippen LogP contribution in [0.5, 0.6) is 0 Å². The number of halogens is 2. The minimum Gasteiger partial charge on any atom is -0.458 e. The van der Waals surface area contributed by atoms with Crippen LogP contribution in [0.2, 0.25) is 0 Å². The van der Waals surface area contributed by atoms with Crippen LogP contribution >= 0.6 is 0 Å². The Labute approximate surface area is 61.1 Å². The molecule has 0 heterocycles. The second-order valence-corrected chi connectivity index (χ2v) is 1.39. The summed E-state index contributed by atoms with van der Waals surface area (Å²) in [4.78, 5) is 20.4. The quantitative estimate of drug-likeness (QED) is 0.440. The average Bonchev–Trinajstić information content (AvgIpc) is 1.86. The van der Waals surface area contributed by atoms with E-state index in [-0.39, 0.29) is 6.61 Å². The highest BCUT2D eigenvalue weighted by Crippen LogP contribution is 1.95. The van der Waals surface area contributed by atoms with Gasteiger partial charge in [0.1, 0.15) is 0 Å². The van der Waals surface area contributed by atoms with Crippen LogP contribution in [0.4, 0.5) is 8.78 Å². The van der Waals surface area contributed by atoms with Crippen LogP contribution in [0.15, 0.2) is 0 Å². The molecule has 0 amide bonds. The monoisotopic (exact) mass is 168 g/mol. The fraction of sp³-hybridized carbons (Fsp3) is 0.600. The molecule has 6 heteroatoms. The summed E-state index contributed by atoms with van der Waals surface area (Å²) in [6, 6.07) is 0. The molecule has 0 aliphatic carbocycles. The molecule has 0 N–H and O–H groups in total. The lowest BCUT2D eigenvalue weighted by Crippen LogP contribution is -2.22. The number of ether oxygens (including phenoxy) is 2. The number of rotatable bonds is 2. The molecule has 0 bridgehead atoms. The van der Waals surface area contributed by atoms with E-state index in [0.717, 1.165) is 0 Å². The molecule has 0 unspecified atom stereocenters. The zero-order valence-electron chi connectivity index (χ0n) is 5.67. The van der Waals surface area contributed by atoms with Crippen molar-refractivity contribution >= 4 is 11.9 Å². The number of hydrogen-bond acceptors (Lipinski definition) is 4. The lowest BCUT2D eigenvalue weighted by Gasteiger charge is -2.00. The molecule has 0 aliphatic rings. The Morgan fingerprint density at radius 3 is 2.27 bits per heavy atom. The van der Waals surface area contributed by atoms with Crippen molar-refractivity contribution in [3.05, 3.63) is 0 Å². The zero-order valence-corrected chi connectivity index (χ0v) is 5.67. The van der Waals surface area contributed by atoms with Crippen LogP contribution in [0.3, 0.4) is 0 Å². The number of carbonyl (C=O) groups excluding carboxylic acids is 2. The first-order chi connectivity index (χ1) is 5.07. The highest BCUT2D eigenvalue weighted by atomic mass is 19.3. The number of carbonyl (C=O) groups is 2. The van der Waals surface area contributed by atoms with Crippen LogP contribution in [0, 0.1) is 0 Å². The number of alkyl halides is 2. The van der Waals surface area contributed by atoms with Crippen molar-refractivity contribution in [2.24, 2.45) is 0 Å². The van der Waals surface area contributed by atoms with Crippen molar-refractivity contribution < 1.29 is 27.8 Å². The van der Waals surface area contributed by atoms with Gasteiger partial charge in [-0.2, -0.15) is 8.78 Å². The minimum absolute atomic E-state index is 0.0584. The van der Waals surface area contributed by atoms with Gasteiger partial charge >= 0.3 is 18.6 Å². The van der Waals surface area contributed by atoms with Gasteiger partial charge in [-0.3, -0.25) is 0 Å². The van der Waals surface area contributed by atoms with Crippen molar-refractivity contribution in [3.63, 3.8) is 0 Å². The first-order valence-corrected chi connectivity index (χ1v) is 2.73. The largest absolute Gasteiger partial charge is 0.458 e. The summed E-state index contributed by atoms with van der Waals surface area (Å²) in [5.41, 5.74) is 0. The Morgan fingerprint density at radius 2 is 1.91 bits per heavy atom. The lowest BCUT2D eigenvalue weighted by molar-refractivity contribution is -0.188. The van der Waals surface area contributed by atoms with E-state index in [0.29, 0.717) is 0 Å². The van der Waals surface area contributed by atoms with E-state index in [1.165, 1.54) is 6.92 Å². The number of esters is 2. The standard InChI is InChI=1S/C5H6F2O4/c1-2-10-3(8)4(9)11-5(6)7/h5H,2H2,1H3. The summed E-state index contributed by atoms with van der Waals surface area (Å²) in [5.74, 6) is -3.09. The van der Waals surface area contributed by atoms with Crippen molar-refractivity contribution in [1.82, 2.24) is 0 Å². The Hall–Kier alpha value is -1.20. The third-order valence-corrected chi connectivity index (χ3v) is 0.638.